The van der Waals surface area contributed by atoms with E-state index < -0.39 is 12.0 Å². The molecule has 0 aliphatic rings. The molecule has 70 valence electrons. The first-order valence-electron chi connectivity index (χ1n) is 3.56. The Morgan fingerprint density at radius 3 is 2.69 bits per heavy atom. The lowest BCUT2D eigenvalue weighted by molar-refractivity contribution is 0.110. The second-order valence-corrected chi connectivity index (χ2v) is 2.57. The Labute approximate surface area is 73.6 Å². The number of rotatable bonds is 2. The largest absolute Gasteiger partial charge is 0.383 e. The van der Waals surface area contributed by atoms with E-state index in [1.54, 1.807) is 6.92 Å². The summed E-state index contributed by atoms with van der Waals surface area (Å²) in [4.78, 5) is 14.1. The van der Waals surface area contributed by atoms with E-state index in [-0.39, 0.29) is 11.4 Å². The van der Waals surface area contributed by atoms with Crippen LogP contribution in [0.5, 0.6) is 0 Å². The number of hydrogen-bond acceptors (Lipinski definition) is 3. The second-order valence-electron chi connectivity index (χ2n) is 2.57. The lowest BCUT2D eigenvalue weighted by Gasteiger charge is -2.07. The summed E-state index contributed by atoms with van der Waals surface area (Å²) in [7, 11) is 0. The van der Waals surface area contributed by atoms with Gasteiger partial charge in [-0.2, -0.15) is 0 Å². The van der Waals surface area contributed by atoms with Gasteiger partial charge in [0.05, 0.1) is 5.56 Å². The highest BCUT2D eigenvalue weighted by atomic mass is 19.3. The van der Waals surface area contributed by atoms with Crippen LogP contribution in [0.1, 0.15) is 28.0 Å². The van der Waals surface area contributed by atoms with Crippen molar-refractivity contribution in [3.8, 4) is 0 Å². The number of anilines is 1. The number of carbonyl (C=O) groups is 1. The molecule has 1 aromatic heterocycles. The van der Waals surface area contributed by atoms with Crippen LogP contribution in [0.25, 0.3) is 0 Å². The van der Waals surface area contributed by atoms with Crippen LogP contribution >= 0.6 is 0 Å². The van der Waals surface area contributed by atoms with Gasteiger partial charge >= 0.3 is 0 Å². The molecule has 5 heteroatoms. The molecule has 0 fully saturated rings. The van der Waals surface area contributed by atoms with Crippen LogP contribution in [0.15, 0.2) is 6.07 Å². The molecular formula is C8H8F2N2O. The fraction of sp³-hybridized carbons (Fsp3) is 0.250. The smallest absolute Gasteiger partial charge is 0.268 e. The van der Waals surface area contributed by atoms with E-state index in [4.69, 9.17) is 5.73 Å². The molecular weight excluding hydrogens is 178 g/mol. The predicted molar refractivity (Wildman–Crippen MR) is 43.7 cm³/mol. The zero-order valence-electron chi connectivity index (χ0n) is 6.92. The minimum Gasteiger partial charge on any atom is -0.383 e. The Morgan fingerprint density at radius 1 is 1.62 bits per heavy atom. The third kappa shape index (κ3) is 1.80. The van der Waals surface area contributed by atoms with E-state index in [9.17, 15) is 13.6 Å². The molecule has 13 heavy (non-hydrogen) atoms. The normalized spacial score (nSPS) is 10.5. The summed E-state index contributed by atoms with van der Waals surface area (Å²) in [5.74, 6) is -0.280. The fourth-order valence-corrected chi connectivity index (χ4v) is 1.07. The van der Waals surface area contributed by atoms with E-state index in [2.05, 4.69) is 4.98 Å². The second kappa shape index (κ2) is 3.47. The maximum atomic E-state index is 12.3. The standard InChI is InChI=1S/C8H8F2N2O/c1-4-2-5(3-13)6(7(9)10)8(11)12-4/h2-3,7H,1H3,(H2,11,12). The molecule has 0 amide bonds. The molecule has 0 bridgehead atoms. The molecule has 1 heterocycles. The summed E-state index contributed by atoms with van der Waals surface area (Å²) in [5, 5.41) is 0. The van der Waals surface area contributed by atoms with Crippen LogP contribution in [0.2, 0.25) is 0 Å². The molecule has 0 spiro atoms. The van der Waals surface area contributed by atoms with Crippen molar-refractivity contribution < 1.29 is 13.6 Å². The van der Waals surface area contributed by atoms with Crippen molar-refractivity contribution >= 4 is 12.1 Å². The molecule has 1 rings (SSSR count). The minimum absolute atomic E-state index is 0.0972. The van der Waals surface area contributed by atoms with Crippen molar-refractivity contribution in [2.75, 3.05) is 5.73 Å². The van der Waals surface area contributed by atoms with Gasteiger partial charge in [0.1, 0.15) is 5.82 Å². The monoisotopic (exact) mass is 186 g/mol. The number of nitrogen functional groups attached to an aromatic ring is 1. The van der Waals surface area contributed by atoms with Gasteiger partial charge in [0.15, 0.2) is 6.29 Å². The fourth-order valence-electron chi connectivity index (χ4n) is 1.07. The summed E-state index contributed by atoms with van der Waals surface area (Å²) in [5.41, 5.74) is 5.11. The van der Waals surface area contributed by atoms with Crippen molar-refractivity contribution in [1.29, 1.82) is 0 Å². The maximum Gasteiger partial charge on any atom is 0.268 e. The number of alkyl halides is 2. The average Bonchev–Trinajstić information content (AvgIpc) is 2.01. The lowest BCUT2D eigenvalue weighted by Crippen LogP contribution is -2.04. The summed E-state index contributed by atoms with van der Waals surface area (Å²) >= 11 is 0. The summed E-state index contributed by atoms with van der Waals surface area (Å²) in [6, 6.07) is 1.28. The van der Waals surface area contributed by atoms with E-state index >= 15 is 0 Å². The van der Waals surface area contributed by atoms with Crippen molar-refractivity contribution in [1.82, 2.24) is 4.98 Å². The highest BCUT2D eigenvalue weighted by molar-refractivity contribution is 5.79. The molecule has 0 aliphatic carbocycles. The molecule has 0 saturated heterocycles. The van der Waals surface area contributed by atoms with Gasteiger partial charge < -0.3 is 5.73 Å². The van der Waals surface area contributed by atoms with Crippen LogP contribution in [-0.2, 0) is 0 Å². The third-order valence-electron chi connectivity index (χ3n) is 1.59. The Kier molecular flexibility index (Phi) is 2.55. The number of nitrogens with zero attached hydrogens (tertiary/aromatic N) is 1. The number of hydrogen-bond donors (Lipinski definition) is 1. The predicted octanol–water partition coefficient (Wildman–Crippen LogP) is 1.72. The number of halogens is 2. The molecule has 0 atom stereocenters. The first-order valence-corrected chi connectivity index (χ1v) is 3.56. The van der Waals surface area contributed by atoms with E-state index in [1.807, 2.05) is 0 Å². The van der Waals surface area contributed by atoms with Crippen molar-refractivity contribution in [3.05, 3.63) is 22.9 Å². The van der Waals surface area contributed by atoms with E-state index in [1.165, 1.54) is 6.07 Å². The molecule has 0 unspecified atom stereocenters. The number of carbonyl (C=O) groups excluding carboxylic acids is 1. The van der Waals surface area contributed by atoms with Crippen LogP contribution < -0.4 is 5.73 Å². The first kappa shape index (κ1) is 9.57. The van der Waals surface area contributed by atoms with Gasteiger partial charge in [-0.25, -0.2) is 13.8 Å². The lowest BCUT2D eigenvalue weighted by atomic mass is 10.1. The molecule has 0 saturated carbocycles. The molecule has 0 aromatic carbocycles. The van der Waals surface area contributed by atoms with Gasteiger partial charge in [-0.05, 0) is 13.0 Å². The molecule has 1 aromatic rings. The highest BCUT2D eigenvalue weighted by Gasteiger charge is 2.17. The van der Waals surface area contributed by atoms with Gasteiger partial charge in [-0.1, -0.05) is 0 Å². The van der Waals surface area contributed by atoms with Gasteiger partial charge in [-0.3, -0.25) is 4.79 Å². The van der Waals surface area contributed by atoms with Gasteiger partial charge in [0.2, 0.25) is 0 Å². The van der Waals surface area contributed by atoms with Crippen LogP contribution in [0.4, 0.5) is 14.6 Å². The van der Waals surface area contributed by atoms with Crippen molar-refractivity contribution in [2.45, 2.75) is 13.3 Å². The van der Waals surface area contributed by atoms with Crippen LogP contribution in [0, 0.1) is 6.92 Å². The number of aromatic nitrogens is 1. The maximum absolute atomic E-state index is 12.3. The van der Waals surface area contributed by atoms with Gasteiger partial charge in [0.25, 0.3) is 6.43 Å². The van der Waals surface area contributed by atoms with Crippen LogP contribution in [0.3, 0.4) is 0 Å². The van der Waals surface area contributed by atoms with Gasteiger partial charge in [-0.15, -0.1) is 0 Å². The Balaban J connectivity index is 3.38. The van der Waals surface area contributed by atoms with Crippen molar-refractivity contribution in [2.24, 2.45) is 0 Å². The Hall–Kier alpha value is -1.52. The zero-order valence-corrected chi connectivity index (χ0v) is 6.92. The number of aryl methyl sites for hydroxylation is 1. The SMILES string of the molecule is Cc1cc(C=O)c(C(F)F)c(N)n1. The minimum atomic E-state index is -2.77. The number of aldehydes is 1. The average molecular weight is 186 g/mol. The molecule has 0 radical (unpaired) electrons. The molecule has 0 aliphatic heterocycles. The zero-order chi connectivity index (χ0) is 10.0. The van der Waals surface area contributed by atoms with E-state index in [0.29, 0.717) is 12.0 Å². The van der Waals surface area contributed by atoms with Crippen LogP contribution in [-0.4, -0.2) is 11.3 Å². The van der Waals surface area contributed by atoms with E-state index in [0.717, 1.165) is 0 Å². The Bertz CT molecular complexity index is 339. The number of pyridine rings is 1. The Morgan fingerprint density at radius 2 is 2.23 bits per heavy atom. The molecule has 2 N–H and O–H groups in total. The quantitative estimate of drug-likeness (QED) is 0.715. The first-order chi connectivity index (χ1) is 6.06. The highest BCUT2D eigenvalue weighted by Crippen LogP contribution is 2.26. The van der Waals surface area contributed by atoms with Crippen molar-refractivity contribution in [3.63, 3.8) is 0 Å². The molecule has 3 nitrogen and oxygen atoms in total. The summed E-state index contributed by atoms with van der Waals surface area (Å²) < 4.78 is 24.7. The van der Waals surface area contributed by atoms with Gasteiger partial charge in [0, 0.05) is 11.3 Å². The number of nitrogens with two attached hydrogens (primary N) is 1. The topological polar surface area (TPSA) is 56.0 Å². The summed E-state index contributed by atoms with van der Waals surface area (Å²) in [6.45, 7) is 1.58. The summed E-state index contributed by atoms with van der Waals surface area (Å²) in [6.07, 6.45) is -2.42. The third-order valence-corrected chi connectivity index (χ3v) is 1.59.